The van der Waals surface area contributed by atoms with Crippen LogP contribution in [0.4, 0.5) is 5.82 Å². The van der Waals surface area contributed by atoms with Gasteiger partial charge in [-0.15, -0.1) is 0 Å². The molecule has 0 unspecified atom stereocenters. The number of sulfonamides is 1. The Morgan fingerprint density at radius 1 is 1.11 bits per heavy atom. The number of fused-ring (bicyclic) bond motifs is 1. The van der Waals surface area contributed by atoms with Crippen molar-refractivity contribution < 1.29 is 23.1 Å². The summed E-state index contributed by atoms with van der Waals surface area (Å²) in [4.78, 5) is 32.1. The summed E-state index contributed by atoms with van der Waals surface area (Å²) in [5, 5.41) is 15.5. The fraction of sp³-hybridized carbons (Fsp3) is 0.370. The van der Waals surface area contributed by atoms with Gasteiger partial charge in [-0.25, -0.2) is 13.4 Å². The number of carboxylic acids is 1. The van der Waals surface area contributed by atoms with E-state index in [-0.39, 0.29) is 10.6 Å². The molecule has 11 heteroatoms. The maximum Gasteiger partial charge on any atom is 0.323 e. The molecule has 202 valence electrons. The number of aryl methyl sites for hydroxylation is 6. The van der Waals surface area contributed by atoms with Crippen molar-refractivity contribution in [2.24, 2.45) is 0 Å². The molecule has 0 saturated heterocycles. The number of H-pyrrole nitrogens is 1. The fourth-order valence-electron chi connectivity index (χ4n) is 4.80. The van der Waals surface area contributed by atoms with Crippen molar-refractivity contribution in [1.29, 1.82) is 0 Å². The number of hydrogen-bond acceptors (Lipinski definition) is 6. The Labute approximate surface area is 222 Å². The molecule has 3 aromatic rings. The lowest BCUT2D eigenvalue weighted by molar-refractivity contribution is -0.138. The number of aromatic amines is 1. The summed E-state index contributed by atoms with van der Waals surface area (Å²) in [5.41, 5.74) is 5.29. The van der Waals surface area contributed by atoms with E-state index in [4.69, 9.17) is 0 Å². The molecule has 5 N–H and O–H groups in total. The first-order valence-electron chi connectivity index (χ1n) is 12.5. The first kappa shape index (κ1) is 27.3. The number of amides is 1. The van der Waals surface area contributed by atoms with Crippen molar-refractivity contribution in [1.82, 2.24) is 20.0 Å². The Morgan fingerprint density at radius 2 is 1.84 bits per heavy atom. The topological polar surface area (TPSA) is 153 Å². The number of carbonyl (C=O) groups is 2. The minimum atomic E-state index is -4.13. The molecule has 0 bridgehead atoms. The number of anilines is 1. The van der Waals surface area contributed by atoms with Crippen LogP contribution in [-0.4, -0.2) is 54.5 Å². The number of benzene rings is 1. The predicted molar refractivity (Wildman–Crippen MR) is 144 cm³/mol. The van der Waals surface area contributed by atoms with E-state index in [1.165, 1.54) is 5.56 Å². The summed E-state index contributed by atoms with van der Waals surface area (Å²) in [6.07, 6.45) is 5.23. The number of nitrogens with zero attached hydrogens (tertiary/aromatic N) is 1. The molecule has 2 aromatic heterocycles. The van der Waals surface area contributed by atoms with Crippen LogP contribution in [0, 0.1) is 20.8 Å². The highest BCUT2D eigenvalue weighted by Gasteiger charge is 2.28. The van der Waals surface area contributed by atoms with E-state index in [1.807, 2.05) is 13.0 Å². The second-order valence-corrected chi connectivity index (χ2v) is 11.4. The van der Waals surface area contributed by atoms with E-state index >= 15 is 0 Å². The van der Waals surface area contributed by atoms with E-state index in [2.05, 4.69) is 31.4 Å². The molecule has 1 amide bonds. The van der Waals surface area contributed by atoms with Gasteiger partial charge in [-0.3, -0.25) is 9.59 Å². The molecule has 0 spiro atoms. The number of pyridine rings is 1. The van der Waals surface area contributed by atoms with Crippen molar-refractivity contribution >= 4 is 27.7 Å². The monoisotopic (exact) mass is 539 g/mol. The molecular formula is C27H33N5O5S. The molecule has 1 aliphatic heterocycles. The molecule has 0 saturated carbocycles. The van der Waals surface area contributed by atoms with Gasteiger partial charge >= 0.3 is 5.97 Å². The molecule has 1 aromatic carbocycles. The van der Waals surface area contributed by atoms with Crippen LogP contribution >= 0.6 is 0 Å². The molecule has 1 atom stereocenters. The summed E-state index contributed by atoms with van der Waals surface area (Å²) in [6, 6.07) is 7.74. The lowest BCUT2D eigenvalue weighted by Crippen LogP contribution is -2.48. The van der Waals surface area contributed by atoms with Gasteiger partial charge in [0, 0.05) is 25.0 Å². The first-order valence-corrected chi connectivity index (χ1v) is 14.0. The number of rotatable bonds is 10. The molecule has 38 heavy (non-hydrogen) atoms. The zero-order valence-electron chi connectivity index (χ0n) is 21.7. The van der Waals surface area contributed by atoms with Crippen LogP contribution in [0.1, 0.15) is 50.4 Å². The average molecular weight is 540 g/mol. The molecule has 0 radical (unpaired) electrons. The Hall–Kier alpha value is -3.70. The van der Waals surface area contributed by atoms with Gasteiger partial charge in [0.1, 0.15) is 17.6 Å². The van der Waals surface area contributed by atoms with E-state index in [0.29, 0.717) is 24.0 Å². The number of aliphatic carboxylic acids is 1. The van der Waals surface area contributed by atoms with Crippen molar-refractivity contribution in [2.75, 3.05) is 18.4 Å². The van der Waals surface area contributed by atoms with Gasteiger partial charge < -0.3 is 20.7 Å². The fourth-order valence-corrected chi connectivity index (χ4v) is 6.44. The van der Waals surface area contributed by atoms with Crippen LogP contribution in [0.25, 0.3) is 0 Å². The summed E-state index contributed by atoms with van der Waals surface area (Å²) in [5.74, 6) is -0.977. The lowest BCUT2D eigenvalue weighted by Gasteiger charge is -2.18. The highest BCUT2D eigenvalue weighted by molar-refractivity contribution is 7.89. The van der Waals surface area contributed by atoms with Gasteiger partial charge in [0.05, 0.1) is 4.90 Å². The molecule has 4 rings (SSSR count). The van der Waals surface area contributed by atoms with Gasteiger partial charge in [0.2, 0.25) is 10.0 Å². The Kier molecular flexibility index (Phi) is 8.17. The third kappa shape index (κ3) is 6.40. The van der Waals surface area contributed by atoms with E-state index in [9.17, 15) is 23.1 Å². The Balaban J connectivity index is 1.35. The van der Waals surface area contributed by atoms with Crippen LogP contribution < -0.4 is 15.4 Å². The number of aromatic nitrogens is 2. The van der Waals surface area contributed by atoms with Crippen LogP contribution in [0.3, 0.4) is 0 Å². The number of carboxylic acid groups (broad SMARTS) is 1. The summed E-state index contributed by atoms with van der Waals surface area (Å²) < 4.78 is 28.2. The van der Waals surface area contributed by atoms with E-state index < -0.39 is 34.5 Å². The zero-order valence-corrected chi connectivity index (χ0v) is 22.5. The normalized spacial score (nSPS) is 13.9. The minimum absolute atomic E-state index is 0.0406. The number of hydrogen-bond donors (Lipinski definition) is 5. The second-order valence-electron chi connectivity index (χ2n) is 9.71. The highest BCUT2D eigenvalue weighted by atomic mass is 32.2. The van der Waals surface area contributed by atoms with Crippen LogP contribution in [0.5, 0.6) is 0 Å². The van der Waals surface area contributed by atoms with Crippen LogP contribution in [-0.2, 0) is 34.1 Å². The van der Waals surface area contributed by atoms with Crippen molar-refractivity contribution in [2.45, 2.75) is 57.4 Å². The van der Waals surface area contributed by atoms with Gasteiger partial charge in [-0.2, -0.15) is 4.72 Å². The zero-order chi connectivity index (χ0) is 27.4. The third-order valence-corrected chi connectivity index (χ3v) is 8.32. The van der Waals surface area contributed by atoms with Gasteiger partial charge in [0.25, 0.3) is 5.91 Å². The summed E-state index contributed by atoms with van der Waals surface area (Å²) in [7, 11) is -4.13. The Morgan fingerprint density at radius 3 is 2.55 bits per heavy atom. The van der Waals surface area contributed by atoms with Gasteiger partial charge in [0.15, 0.2) is 0 Å². The quantitative estimate of drug-likeness (QED) is 0.265. The largest absolute Gasteiger partial charge is 0.480 e. The maximum atomic E-state index is 13.0. The van der Waals surface area contributed by atoms with Gasteiger partial charge in [-0.05, 0) is 80.8 Å². The van der Waals surface area contributed by atoms with Crippen LogP contribution in [0.2, 0.25) is 0 Å². The summed E-state index contributed by atoms with van der Waals surface area (Å²) in [6.45, 7) is 5.68. The molecular weight excluding hydrogens is 506 g/mol. The first-order chi connectivity index (χ1) is 18.0. The molecule has 0 fully saturated rings. The predicted octanol–water partition coefficient (Wildman–Crippen LogP) is 2.64. The van der Waals surface area contributed by atoms with Crippen molar-refractivity contribution in [3.63, 3.8) is 0 Å². The minimum Gasteiger partial charge on any atom is -0.480 e. The lowest BCUT2D eigenvalue weighted by atomic mass is 10.1. The third-order valence-electron chi connectivity index (χ3n) is 6.54. The number of nitrogens with one attached hydrogen (secondary N) is 4. The molecule has 1 aliphatic rings. The van der Waals surface area contributed by atoms with Crippen molar-refractivity contribution in [3.8, 4) is 0 Å². The average Bonchev–Trinajstić information content (AvgIpc) is 3.33. The second kappa shape index (κ2) is 11.4. The van der Waals surface area contributed by atoms with E-state index in [1.54, 1.807) is 38.2 Å². The van der Waals surface area contributed by atoms with Gasteiger partial charge in [-0.1, -0.05) is 23.8 Å². The highest BCUT2D eigenvalue weighted by Crippen LogP contribution is 2.22. The Bertz CT molecular complexity index is 1440. The SMILES string of the molecule is Cc1cc(C)c(S(=O)(=O)N[C@@H](CNC(=O)c2cc(CCc3ccc4c(n3)NCCC4)c[nH]2)C(=O)O)c(C)c1. The molecule has 3 heterocycles. The molecule has 0 aliphatic carbocycles. The number of carbonyl (C=O) groups excluding carboxylic acids is 1. The maximum absolute atomic E-state index is 13.0. The standard InChI is InChI=1S/C27H33N5O5S/c1-16-11-17(2)24(18(3)12-16)38(36,37)32-23(27(34)35)15-30-26(33)22-13-19(14-29-22)6-8-21-9-7-20-5-4-10-28-25(20)31-21/h7,9,11-14,23,29,32H,4-6,8,10,15H2,1-3H3,(H,28,31)(H,30,33)(H,34,35)/t23-/m0/s1. The van der Waals surface area contributed by atoms with E-state index in [0.717, 1.165) is 42.0 Å². The van der Waals surface area contributed by atoms with Crippen molar-refractivity contribution in [3.05, 3.63) is 75.7 Å². The summed E-state index contributed by atoms with van der Waals surface area (Å²) >= 11 is 0. The smallest absolute Gasteiger partial charge is 0.323 e. The molecule has 10 nitrogen and oxygen atoms in total. The van der Waals surface area contributed by atoms with Crippen LogP contribution in [0.15, 0.2) is 41.4 Å².